The number of anilines is 1. The van der Waals surface area contributed by atoms with Crippen molar-refractivity contribution in [2.24, 2.45) is 0 Å². The molecule has 1 aromatic heterocycles. The monoisotopic (exact) mass is 364 g/mol. The number of hydrogen-bond donors (Lipinski definition) is 1. The highest BCUT2D eigenvalue weighted by molar-refractivity contribution is 7.12. The number of amides is 2. The third-order valence-electron chi connectivity index (χ3n) is 4.32. The lowest BCUT2D eigenvalue weighted by Gasteiger charge is -2.25. The highest BCUT2D eigenvalue weighted by Crippen LogP contribution is 2.21. The van der Waals surface area contributed by atoms with Crippen LogP contribution in [-0.4, -0.2) is 23.8 Å². The number of thiophene rings is 1. The van der Waals surface area contributed by atoms with Gasteiger partial charge in [0.2, 0.25) is 0 Å². The molecule has 5 heteroatoms. The second-order valence-electron chi connectivity index (χ2n) is 6.01. The third kappa shape index (κ3) is 4.00. The summed E-state index contributed by atoms with van der Waals surface area (Å²) < 4.78 is 0. The molecule has 0 aliphatic rings. The molecule has 0 saturated carbocycles. The molecule has 1 heterocycles. The topological polar surface area (TPSA) is 49.4 Å². The number of benzene rings is 2. The van der Waals surface area contributed by atoms with Gasteiger partial charge in [0, 0.05) is 18.3 Å². The standard InChI is InChI=1S/C21H20N2O2S/c1-15(16-7-4-3-5-8-16)23(2)21(25)17-10-12-18(13-11-17)22-20(24)19-9-6-14-26-19/h3-15H,1-2H3,(H,22,24)/t15-/m1/s1. The van der Waals surface area contributed by atoms with Crippen molar-refractivity contribution in [1.29, 1.82) is 0 Å². The summed E-state index contributed by atoms with van der Waals surface area (Å²) in [5, 5.41) is 4.70. The highest BCUT2D eigenvalue weighted by Gasteiger charge is 2.18. The Morgan fingerprint density at radius 3 is 2.27 bits per heavy atom. The lowest BCUT2D eigenvalue weighted by atomic mass is 10.1. The van der Waals surface area contributed by atoms with Gasteiger partial charge >= 0.3 is 0 Å². The molecule has 1 atom stereocenters. The molecule has 0 saturated heterocycles. The van der Waals surface area contributed by atoms with Gasteiger partial charge in [-0.3, -0.25) is 9.59 Å². The first kappa shape index (κ1) is 17.9. The fourth-order valence-corrected chi connectivity index (χ4v) is 3.25. The Kier molecular flexibility index (Phi) is 5.49. The van der Waals surface area contributed by atoms with Crippen molar-refractivity contribution >= 4 is 28.8 Å². The minimum absolute atomic E-state index is 0.0260. The third-order valence-corrected chi connectivity index (χ3v) is 5.19. The fraction of sp³-hybridized carbons (Fsp3) is 0.143. The average molecular weight is 364 g/mol. The van der Waals surface area contributed by atoms with E-state index >= 15 is 0 Å². The van der Waals surface area contributed by atoms with Crippen LogP contribution >= 0.6 is 11.3 Å². The number of carbonyl (C=O) groups excluding carboxylic acids is 2. The predicted molar refractivity (Wildman–Crippen MR) is 106 cm³/mol. The molecule has 3 aromatic rings. The molecule has 0 bridgehead atoms. The van der Waals surface area contributed by atoms with Gasteiger partial charge in [-0.2, -0.15) is 0 Å². The summed E-state index contributed by atoms with van der Waals surface area (Å²) in [6, 6.07) is 20.5. The van der Waals surface area contributed by atoms with E-state index in [1.54, 1.807) is 42.3 Å². The second-order valence-corrected chi connectivity index (χ2v) is 6.96. The van der Waals surface area contributed by atoms with Crippen molar-refractivity contribution in [2.75, 3.05) is 12.4 Å². The smallest absolute Gasteiger partial charge is 0.265 e. The van der Waals surface area contributed by atoms with Gasteiger partial charge in [-0.25, -0.2) is 0 Å². The van der Waals surface area contributed by atoms with Crippen LogP contribution in [-0.2, 0) is 0 Å². The zero-order chi connectivity index (χ0) is 18.5. The van der Waals surface area contributed by atoms with Gasteiger partial charge in [0.1, 0.15) is 0 Å². The molecule has 3 rings (SSSR count). The summed E-state index contributed by atoms with van der Waals surface area (Å²) in [7, 11) is 1.80. The fourth-order valence-electron chi connectivity index (χ4n) is 2.63. The Bertz CT molecular complexity index is 874. The van der Waals surface area contributed by atoms with Crippen LogP contribution in [0, 0.1) is 0 Å². The normalized spacial score (nSPS) is 11.6. The van der Waals surface area contributed by atoms with Crippen molar-refractivity contribution in [2.45, 2.75) is 13.0 Å². The van der Waals surface area contributed by atoms with Crippen LogP contribution in [0.15, 0.2) is 72.1 Å². The van der Waals surface area contributed by atoms with Gasteiger partial charge in [-0.15, -0.1) is 11.3 Å². The summed E-state index contributed by atoms with van der Waals surface area (Å²) in [4.78, 5) is 27.2. The van der Waals surface area contributed by atoms with E-state index in [-0.39, 0.29) is 17.9 Å². The van der Waals surface area contributed by atoms with E-state index in [4.69, 9.17) is 0 Å². The number of hydrogen-bond acceptors (Lipinski definition) is 3. The van der Waals surface area contributed by atoms with Crippen LogP contribution in [0.2, 0.25) is 0 Å². The molecular formula is C21H20N2O2S. The van der Waals surface area contributed by atoms with Gasteiger partial charge in [0.05, 0.1) is 10.9 Å². The molecule has 1 N–H and O–H groups in total. The quantitative estimate of drug-likeness (QED) is 0.705. The molecule has 0 radical (unpaired) electrons. The molecule has 132 valence electrons. The van der Waals surface area contributed by atoms with Crippen molar-refractivity contribution in [3.63, 3.8) is 0 Å². The molecule has 0 unspecified atom stereocenters. The molecule has 2 aromatic carbocycles. The Hall–Kier alpha value is -2.92. The molecule has 26 heavy (non-hydrogen) atoms. The van der Waals surface area contributed by atoms with Gasteiger partial charge in [-0.1, -0.05) is 36.4 Å². The maximum atomic E-state index is 12.7. The Labute approximate surface area is 157 Å². The summed E-state index contributed by atoms with van der Waals surface area (Å²) in [6.45, 7) is 2.00. The number of carbonyl (C=O) groups is 2. The SMILES string of the molecule is C[C@H](c1ccccc1)N(C)C(=O)c1ccc(NC(=O)c2cccs2)cc1. The zero-order valence-corrected chi connectivity index (χ0v) is 15.5. The first-order chi connectivity index (χ1) is 12.6. The van der Waals surface area contributed by atoms with Gasteiger partial charge in [-0.05, 0) is 48.2 Å². The lowest BCUT2D eigenvalue weighted by molar-refractivity contribution is 0.0742. The van der Waals surface area contributed by atoms with Crippen molar-refractivity contribution in [3.8, 4) is 0 Å². The number of rotatable bonds is 5. The van der Waals surface area contributed by atoms with Crippen LogP contribution in [0.1, 0.15) is 38.6 Å². The van der Waals surface area contributed by atoms with Crippen LogP contribution in [0.4, 0.5) is 5.69 Å². The number of nitrogens with one attached hydrogen (secondary N) is 1. The van der Waals surface area contributed by atoms with E-state index in [2.05, 4.69) is 5.32 Å². The summed E-state index contributed by atoms with van der Waals surface area (Å²) in [6.07, 6.45) is 0. The van der Waals surface area contributed by atoms with E-state index in [9.17, 15) is 9.59 Å². The van der Waals surface area contributed by atoms with E-state index < -0.39 is 0 Å². The predicted octanol–water partition coefficient (Wildman–Crippen LogP) is 4.83. The van der Waals surface area contributed by atoms with E-state index in [0.29, 0.717) is 16.1 Å². The molecular weight excluding hydrogens is 344 g/mol. The average Bonchev–Trinajstić information content (AvgIpc) is 3.22. The summed E-state index contributed by atoms with van der Waals surface area (Å²) >= 11 is 1.39. The van der Waals surface area contributed by atoms with Crippen molar-refractivity contribution in [1.82, 2.24) is 4.90 Å². The van der Waals surface area contributed by atoms with Gasteiger partial charge < -0.3 is 10.2 Å². The molecule has 0 fully saturated rings. The largest absolute Gasteiger partial charge is 0.335 e. The molecule has 2 amide bonds. The Balaban J connectivity index is 1.67. The highest BCUT2D eigenvalue weighted by atomic mass is 32.1. The van der Waals surface area contributed by atoms with E-state index in [1.807, 2.05) is 48.7 Å². The molecule has 4 nitrogen and oxygen atoms in total. The molecule has 0 aliphatic carbocycles. The van der Waals surface area contributed by atoms with Crippen molar-refractivity contribution in [3.05, 3.63) is 88.1 Å². The minimum Gasteiger partial charge on any atom is -0.335 e. The first-order valence-corrected chi connectivity index (χ1v) is 9.21. The maximum Gasteiger partial charge on any atom is 0.265 e. The van der Waals surface area contributed by atoms with Crippen LogP contribution in [0.5, 0.6) is 0 Å². The van der Waals surface area contributed by atoms with E-state index in [1.165, 1.54) is 11.3 Å². The zero-order valence-electron chi connectivity index (χ0n) is 14.7. The van der Waals surface area contributed by atoms with E-state index in [0.717, 1.165) is 5.56 Å². The molecule has 0 aliphatic heterocycles. The first-order valence-electron chi connectivity index (χ1n) is 8.33. The maximum absolute atomic E-state index is 12.7. The second kappa shape index (κ2) is 7.97. The van der Waals surface area contributed by atoms with Gasteiger partial charge in [0.15, 0.2) is 0 Å². The van der Waals surface area contributed by atoms with Crippen LogP contribution < -0.4 is 5.32 Å². The Morgan fingerprint density at radius 2 is 1.65 bits per heavy atom. The summed E-state index contributed by atoms with van der Waals surface area (Å²) in [5.74, 6) is -0.202. The number of nitrogens with zero attached hydrogens (tertiary/aromatic N) is 1. The van der Waals surface area contributed by atoms with Crippen LogP contribution in [0.25, 0.3) is 0 Å². The van der Waals surface area contributed by atoms with Crippen molar-refractivity contribution < 1.29 is 9.59 Å². The van der Waals surface area contributed by atoms with Crippen LogP contribution in [0.3, 0.4) is 0 Å². The minimum atomic E-state index is -0.145. The molecule has 0 spiro atoms. The lowest BCUT2D eigenvalue weighted by Crippen LogP contribution is -2.29. The van der Waals surface area contributed by atoms with Gasteiger partial charge in [0.25, 0.3) is 11.8 Å². The summed E-state index contributed by atoms with van der Waals surface area (Å²) in [5.41, 5.74) is 2.34. The Morgan fingerprint density at radius 1 is 0.962 bits per heavy atom.